The molecular weight excluding hydrogens is 597 g/mol. The molecule has 0 aromatic heterocycles. The summed E-state index contributed by atoms with van der Waals surface area (Å²) in [4.78, 5) is 28.9. The van der Waals surface area contributed by atoms with E-state index in [1.807, 2.05) is 13.8 Å². The van der Waals surface area contributed by atoms with Crippen molar-refractivity contribution in [1.82, 2.24) is 10.2 Å². The Morgan fingerprint density at radius 1 is 0.929 bits per heavy atom. The predicted molar refractivity (Wildman–Crippen MR) is 168 cm³/mol. The Hall–Kier alpha value is -3.27. The summed E-state index contributed by atoms with van der Waals surface area (Å²) in [6.45, 7) is 5.83. The van der Waals surface area contributed by atoms with E-state index in [2.05, 4.69) is 5.32 Å². The van der Waals surface area contributed by atoms with Gasteiger partial charge in [0.15, 0.2) is 0 Å². The monoisotopic (exact) mass is 633 g/mol. The maximum Gasteiger partial charge on any atom is 0.264 e. The number of carbonyl (C=O) groups is 2. The van der Waals surface area contributed by atoms with Crippen molar-refractivity contribution in [2.75, 3.05) is 24.0 Å². The van der Waals surface area contributed by atoms with Gasteiger partial charge in [-0.1, -0.05) is 79.9 Å². The van der Waals surface area contributed by atoms with E-state index in [4.69, 9.17) is 27.9 Å². The third-order valence-electron chi connectivity index (χ3n) is 6.60. The predicted octanol–water partition coefficient (Wildman–Crippen LogP) is 6.31. The van der Waals surface area contributed by atoms with Crippen LogP contribution in [-0.4, -0.2) is 50.9 Å². The van der Waals surface area contributed by atoms with Crippen LogP contribution in [-0.2, 0) is 26.2 Å². The van der Waals surface area contributed by atoms with Crippen LogP contribution in [0.5, 0.6) is 5.75 Å². The van der Waals surface area contributed by atoms with Gasteiger partial charge < -0.3 is 15.0 Å². The van der Waals surface area contributed by atoms with Crippen molar-refractivity contribution >= 4 is 50.7 Å². The average Bonchev–Trinajstić information content (AvgIpc) is 2.98. The summed E-state index contributed by atoms with van der Waals surface area (Å²) in [6, 6.07) is 18.7. The first-order valence-electron chi connectivity index (χ1n) is 13.9. The highest BCUT2D eigenvalue weighted by molar-refractivity contribution is 7.92. The number of benzene rings is 3. The van der Waals surface area contributed by atoms with Gasteiger partial charge in [0.25, 0.3) is 10.0 Å². The fraction of sp³-hybridized carbons (Fsp3) is 0.355. The number of nitrogens with one attached hydrogen (secondary N) is 1. The normalized spacial score (nSPS) is 11.9. The molecule has 0 spiro atoms. The summed E-state index contributed by atoms with van der Waals surface area (Å²) in [7, 11) is -4.21. The average molecular weight is 635 g/mol. The van der Waals surface area contributed by atoms with Crippen LogP contribution in [0.4, 0.5) is 5.69 Å². The summed E-state index contributed by atoms with van der Waals surface area (Å²) in [5.41, 5.74) is 0.858. The minimum Gasteiger partial charge on any atom is -0.492 e. The molecule has 11 heteroatoms. The van der Waals surface area contributed by atoms with Gasteiger partial charge in [-0.25, -0.2) is 8.42 Å². The molecule has 226 valence electrons. The minimum atomic E-state index is -4.21. The zero-order valence-corrected chi connectivity index (χ0v) is 26.4. The fourth-order valence-corrected chi connectivity index (χ4v) is 6.20. The summed E-state index contributed by atoms with van der Waals surface area (Å²) >= 11 is 12.4. The first kappa shape index (κ1) is 33.2. The van der Waals surface area contributed by atoms with Crippen molar-refractivity contribution in [3.63, 3.8) is 0 Å². The Morgan fingerprint density at radius 2 is 1.62 bits per heavy atom. The lowest BCUT2D eigenvalue weighted by molar-refractivity contribution is -0.140. The lowest BCUT2D eigenvalue weighted by Gasteiger charge is -2.33. The van der Waals surface area contributed by atoms with Gasteiger partial charge in [0, 0.05) is 13.1 Å². The highest BCUT2D eigenvalue weighted by atomic mass is 35.5. The number of unbranched alkanes of at least 4 members (excludes halogenated alkanes) is 1. The number of anilines is 1. The summed E-state index contributed by atoms with van der Waals surface area (Å²) in [5, 5.41) is 3.57. The van der Waals surface area contributed by atoms with Crippen LogP contribution in [0.1, 0.15) is 45.6 Å². The maximum atomic E-state index is 14.2. The van der Waals surface area contributed by atoms with Gasteiger partial charge >= 0.3 is 0 Å². The van der Waals surface area contributed by atoms with Crippen molar-refractivity contribution in [2.24, 2.45) is 0 Å². The third kappa shape index (κ3) is 8.40. The second kappa shape index (κ2) is 15.8. The second-order valence-corrected chi connectivity index (χ2v) is 12.2. The van der Waals surface area contributed by atoms with Crippen molar-refractivity contribution in [1.29, 1.82) is 0 Å². The maximum absolute atomic E-state index is 14.2. The smallest absolute Gasteiger partial charge is 0.264 e. The van der Waals surface area contributed by atoms with Crippen molar-refractivity contribution < 1.29 is 22.7 Å². The molecule has 0 aliphatic rings. The second-order valence-electron chi connectivity index (χ2n) is 9.56. The van der Waals surface area contributed by atoms with Crippen LogP contribution in [0.2, 0.25) is 10.0 Å². The van der Waals surface area contributed by atoms with E-state index >= 15 is 0 Å². The van der Waals surface area contributed by atoms with E-state index in [1.165, 1.54) is 17.0 Å². The van der Waals surface area contributed by atoms with E-state index in [1.54, 1.807) is 67.6 Å². The van der Waals surface area contributed by atoms with Gasteiger partial charge in [-0.2, -0.15) is 0 Å². The van der Waals surface area contributed by atoms with E-state index < -0.39 is 28.5 Å². The molecule has 0 aliphatic heterocycles. The fourth-order valence-electron chi connectivity index (χ4n) is 4.43. The number of sulfonamides is 1. The number of hydrogen-bond acceptors (Lipinski definition) is 5. The Labute approximate surface area is 258 Å². The van der Waals surface area contributed by atoms with Crippen molar-refractivity contribution in [3.05, 3.63) is 88.4 Å². The van der Waals surface area contributed by atoms with E-state index in [0.29, 0.717) is 40.9 Å². The molecule has 1 atom stereocenters. The Balaban J connectivity index is 2.09. The topological polar surface area (TPSA) is 96.0 Å². The Kier molecular flexibility index (Phi) is 12.5. The van der Waals surface area contributed by atoms with Gasteiger partial charge in [-0.15, -0.1) is 0 Å². The summed E-state index contributed by atoms with van der Waals surface area (Å²) < 4.78 is 34.8. The van der Waals surface area contributed by atoms with Crippen LogP contribution >= 0.6 is 23.2 Å². The molecule has 3 aromatic rings. The molecule has 0 heterocycles. The van der Waals surface area contributed by atoms with Crippen molar-refractivity contribution in [3.8, 4) is 5.75 Å². The molecule has 0 fully saturated rings. The van der Waals surface area contributed by atoms with Crippen LogP contribution in [0.25, 0.3) is 0 Å². The number of hydrogen-bond donors (Lipinski definition) is 1. The van der Waals surface area contributed by atoms with Gasteiger partial charge in [-0.05, 0) is 61.7 Å². The van der Waals surface area contributed by atoms with Crippen LogP contribution in [0.15, 0.2) is 77.7 Å². The third-order valence-corrected chi connectivity index (χ3v) is 9.11. The zero-order chi connectivity index (χ0) is 30.7. The van der Waals surface area contributed by atoms with E-state index in [9.17, 15) is 18.0 Å². The molecule has 1 N–H and O–H groups in total. The van der Waals surface area contributed by atoms with Gasteiger partial charge in [0.05, 0.1) is 27.2 Å². The van der Waals surface area contributed by atoms with Crippen LogP contribution in [0.3, 0.4) is 0 Å². The molecule has 0 saturated carbocycles. The standard InChI is InChI=1S/C31H37Cl2N3O5S/c1-4-7-19-34-31(38)27(5-2)35(21-23-17-18-25(32)26(33)20-23)30(37)22-36(28-15-11-12-16-29(28)41-6-3)42(39,40)24-13-9-8-10-14-24/h8-18,20,27H,4-7,19,21-22H2,1-3H3,(H,34,38)/t27-/m0/s1. The lowest BCUT2D eigenvalue weighted by Crippen LogP contribution is -2.52. The van der Waals surface area contributed by atoms with E-state index in [0.717, 1.165) is 17.1 Å². The summed E-state index contributed by atoms with van der Waals surface area (Å²) in [5.74, 6) is -0.566. The molecule has 0 radical (unpaired) electrons. The largest absolute Gasteiger partial charge is 0.492 e. The molecule has 0 unspecified atom stereocenters. The molecule has 0 saturated heterocycles. The zero-order valence-electron chi connectivity index (χ0n) is 24.1. The van der Waals surface area contributed by atoms with Crippen molar-refractivity contribution in [2.45, 2.75) is 57.5 Å². The van der Waals surface area contributed by atoms with E-state index in [-0.39, 0.29) is 23.0 Å². The number of nitrogens with zero attached hydrogens (tertiary/aromatic N) is 2. The summed E-state index contributed by atoms with van der Waals surface area (Å²) in [6.07, 6.45) is 2.00. The quantitative estimate of drug-likeness (QED) is 0.198. The number of halogens is 2. The van der Waals surface area contributed by atoms with Gasteiger partial charge in [0.2, 0.25) is 11.8 Å². The highest BCUT2D eigenvalue weighted by Crippen LogP contribution is 2.33. The number of ether oxygens (including phenoxy) is 1. The number of carbonyl (C=O) groups excluding carboxylic acids is 2. The highest BCUT2D eigenvalue weighted by Gasteiger charge is 2.34. The number of amides is 2. The minimum absolute atomic E-state index is 0.0156. The Bertz CT molecular complexity index is 1450. The number of para-hydroxylation sites is 2. The lowest BCUT2D eigenvalue weighted by atomic mass is 10.1. The first-order valence-corrected chi connectivity index (χ1v) is 16.1. The molecule has 3 aromatic carbocycles. The molecular formula is C31H37Cl2N3O5S. The molecule has 3 rings (SSSR count). The SMILES string of the molecule is CCCCNC(=O)[C@H](CC)N(Cc1ccc(Cl)c(Cl)c1)C(=O)CN(c1ccccc1OCC)S(=O)(=O)c1ccccc1. The molecule has 0 aliphatic carbocycles. The van der Waals surface area contributed by atoms with Gasteiger partial charge in [-0.3, -0.25) is 13.9 Å². The molecule has 0 bridgehead atoms. The Morgan fingerprint density at radius 3 is 2.26 bits per heavy atom. The molecule has 42 heavy (non-hydrogen) atoms. The van der Waals surface area contributed by atoms with Gasteiger partial charge in [0.1, 0.15) is 18.3 Å². The first-order chi connectivity index (χ1) is 20.1. The van der Waals surface area contributed by atoms with Crippen LogP contribution in [0, 0.1) is 0 Å². The molecule has 2 amide bonds. The molecule has 8 nitrogen and oxygen atoms in total. The number of rotatable bonds is 15. The van der Waals surface area contributed by atoms with Crippen LogP contribution < -0.4 is 14.4 Å².